The Hall–Kier alpha value is 0.270. The average molecular weight is 214 g/mol. The lowest BCUT2D eigenvalue weighted by Crippen LogP contribution is -2.62. The summed E-state index contributed by atoms with van der Waals surface area (Å²) in [5, 5.41) is 3.70. The van der Waals surface area contributed by atoms with Crippen molar-refractivity contribution in [2.45, 2.75) is 32.9 Å². The van der Waals surface area contributed by atoms with Crippen LogP contribution >= 0.6 is 11.8 Å². The first-order chi connectivity index (χ1) is 6.57. The van der Waals surface area contributed by atoms with Crippen molar-refractivity contribution in [2.75, 3.05) is 31.1 Å². The lowest BCUT2D eigenvalue weighted by molar-refractivity contribution is 0.0984. The Bertz CT molecular complexity index is 200. The third-order valence-corrected chi connectivity index (χ3v) is 4.50. The van der Waals surface area contributed by atoms with Crippen molar-refractivity contribution >= 4 is 11.8 Å². The Morgan fingerprint density at radius 1 is 1.36 bits per heavy atom. The van der Waals surface area contributed by atoms with Crippen LogP contribution in [0.25, 0.3) is 0 Å². The minimum atomic E-state index is 0.398. The summed E-state index contributed by atoms with van der Waals surface area (Å²) >= 11 is 2.11. The predicted octanol–water partition coefficient (Wildman–Crippen LogP) is 1.42. The summed E-state index contributed by atoms with van der Waals surface area (Å²) in [6.45, 7) is 10.7. The summed E-state index contributed by atoms with van der Waals surface area (Å²) in [5.74, 6) is 2.65. The van der Waals surface area contributed by atoms with E-state index < -0.39 is 0 Å². The lowest BCUT2D eigenvalue weighted by Gasteiger charge is -2.46. The van der Waals surface area contributed by atoms with Crippen LogP contribution in [0.3, 0.4) is 0 Å². The molecular weight excluding hydrogens is 192 g/mol. The van der Waals surface area contributed by atoms with E-state index in [-0.39, 0.29) is 0 Å². The molecular formula is C11H22N2S. The molecule has 2 unspecified atom stereocenters. The first kappa shape index (κ1) is 10.8. The van der Waals surface area contributed by atoms with Crippen LogP contribution in [0.4, 0.5) is 0 Å². The number of thioether (sulfide) groups is 1. The van der Waals surface area contributed by atoms with Crippen molar-refractivity contribution in [2.24, 2.45) is 5.41 Å². The maximum absolute atomic E-state index is 3.70. The molecule has 0 amide bonds. The van der Waals surface area contributed by atoms with Gasteiger partial charge in [0.1, 0.15) is 0 Å². The van der Waals surface area contributed by atoms with Gasteiger partial charge in [-0.2, -0.15) is 11.8 Å². The molecule has 0 aliphatic carbocycles. The van der Waals surface area contributed by atoms with Crippen molar-refractivity contribution in [1.82, 2.24) is 10.2 Å². The molecule has 2 fully saturated rings. The van der Waals surface area contributed by atoms with Crippen LogP contribution < -0.4 is 5.32 Å². The van der Waals surface area contributed by atoms with Gasteiger partial charge in [0, 0.05) is 43.2 Å². The van der Waals surface area contributed by atoms with Gasteiger partial charge in [-0.25, -0.2) is 0 Å². The highest BCUT2D eigenvalue weighted by Gasteiger charge is 2.34. The average Bonchev–Trinajstić information content (AvgIpc) is 2.16. The molecule has 0 aromatic heterocycles. The number of piperazine rings is 1. The van der Waals surface area contributed by atoms with E-state index in [2.05, 4.69) is 42.7 Å². The van der Waals surface area contributed by atoms with Crippen molar-refractivity contribution in [3.63, 3.8) is 0 Å². The quantitative estimate of drug-likeness (QED) is 0.656. The first-order valence-corrected chi connectivity index (χ1v) is 6.78. The third-order valence-electron chi connectivity index (χ3n) is 3.41. The van der Waals surface area contributed by atoms with E-state index in [1.54, 1.807) is 0 Å². The summed E-state index contributed by atoms with van der Waals surface area (Å²) in [4.78, 5) is 2.68. The van der Waals surface area contributed by atoms with E-state index in [9.17, 15) is 0 Å². The molecule has 0 saturated carbocycles. The van der Waals surface area contributed by atoms with Gasteiger partial charge < -0.3 is 5.32 Å². The van der Waals surface area contributed by atoms with Crippen molar-refractivity contribution in [1.29, 1.82) is 0 Å². The topological polar surface area (TPSA) is 15.3 Å². The second-order valence-corrected chi connectivity index (χ2v) is 6.70. The van der Waals surface area contributed by atoms with E-state index in [4.69, 9.17) is 0 Å². The third kappa shape index (κ3) is 2.26. The molecule has 2 aliphatic heterocycles. The van der Waals surface area contributed by atoms with Crippen LogP contribution in [-0.4, -0.2) is 48.1 Å². The second kappa shape index (κ2) is 4.03. The fourth-order valence-corrected chi connectivity index (χ4v) is 3.41. The van der Waals surface area contributed by atoms with Gasteiger partial charge in [0.15, 0.2) is 0 Å². The molecule has 0 radical (unpaired) electrons. The first-order valence-electron chi connectivity index (χ1n) is 5.62. The van der Waals surface area contributed by atoms with E-state index >= 15 is 0 Å². The molecule has 2 aliphatic rings. The van der Waals surface area contributed by atoms with E-state index in [0.29, 0.717) is 11.5 Å². The molecule has 2 heterocycles. The minimum absolute atomic E-state index is 0.398. The molecule has 82 valence electrons. The number of rotatable bonds is 0. The smallest absolute Gasteiger partial charge is 0.0312 e. The van der Waals surface area contributed by atoms with Crippen molar-refractivity contribution < 1.29 is 0 Å². The summed E-state index contributed by atoms with van der Waals surface area (Å²) in [7, 11) is 0. The van der Waals surface area contributed by atoms with Crippen LogP contribution in [0.2, 0.25) is 0 Å². The lowest BCUT2D eigenvalue weighted by atomic mass is 9.85. The van der Waals surface area contributed by atoms with Gasteiger partial charge in [0.05, 0.1) is 0 Å². The second-order valence-electron chi connectivity index (χ2n) is 5.55. The number of hydrogen-bond acceptors (Lipinski definition) is 3. The van der Waals surface area contributed by atoms with E-state index in [1.165, 1.54) is 31.1 Å². The van der Waals surface area contributed by atoms with Gasteiger partial charge in [-0.15, -0.1) is 0 Å². The molecule has 3 heteroatoms. The molecule has 0 aromatic carbocycles. The van der Waals surface area contributed by atoms with E-state index in [1.807, 2.05) is 0 Å². The summed E-state index contributed by atoms with van der Waals surface area (Å²) < 4.78 is 0. The van der Waals surface area contributed by atoms with Crippen LogP contribution in [0.15, 0.2) is 0 Å². The predicted molar refractivity (Wildman–Crippen MR) is 63.9 cm³/mol. The summed E-state index contributed by atoms with van der Waals surface area (Å²) in [6.07, 6.45) is 0. The Kier molecular flexibility index (Phi) is 3.10. The maximum Gasteiger partial charge on any atom is 0.0312 e. The summed E-state index contributed by atoms with van der Waals surface area (Å²) in [5.41, 5.74) is 0.398. The van der Waals surface area contributed by atoms with Gasteiger partial charge in [0.2, 0.25) is 0 Å². The molecule has 14 heavy (non-hydrogen) atoms. The zero-order chi connectivity index (χ0) is 10.2. The molecule has 2 saturated heterocycles. The zero-order valence-electron chi connectivity index (χ0n) is 9.55. The minimum Gasteiger partial charge on any atom is -0.311 e. The zero-order valence-corrected chi connectivity index (χ0v) is 10.4. The highest BCUT2D eigenvalue weighted by molar-refractivity contribution is 7.99. The Morgan fingerprint density at radius 2 is 2.14 bits per heavy atom. The molecule has 1 N–H and O–H groups in total. The largest absolute Gasteiger partial charge is 0.311 e. The van der Waals surface area contributed by atoms with Crippen LogP contribution in [-0.2, 0) is 0 Å². The van der Waals surface area contributed by atoms with Gasteiger partial charge >= 0.3 is 0 Å². The molecule has 2 nitrogen and oxygen atoms in total. The summed E-state index contributed by atoms with van der Waals surface area (Å²) in [6, 6.07) is 1.47. The fraction of sp³-hybridized carbons (Fsp3) is 1.00. The Balaban J connectivity index is 1.96. The fourth-order valence-electron chi connectivity index (χ4n) is 2.27. The number of nitrogens with one attached hydrogen (secondary N) is 1. The van der Waals surface area contributed by atoms with Gasteiger partial charge in [0.25, 0.3) is 0 Å². The molecule has 2 atom stereocenters. The highest BCUT2D eigenvalue weighted by atomic mass is 32.2. The number of fused-ring (bicyclic) bond motifs is 1. The normalized spacial score (nSPS) is 35.4. The number of nitrogens with zero attached hydrogens (tertiary/aromatic N) is 1. The van der Waals surface area contributed by atoms with Gasteiger partial charge in [-0.1, -0.05) is 20.8 Å². The molecule has 0 spiro atoms. The maximum atomic E-state index is 3.70. The molecule has 2 rings (SSSR count). The van der Waals surface area contributed by atoms with Gasteiger partial charge in [-0.05, 0) is 5.41 Å². The molecule has 0 bridgehead atoms. The van der Waals surface area contributed by atoms with Crippen LogP contribution in [0.5, 0.6) is 0 Å². The molecule has 0 aromatic rings. The highest BCUT2D eigenvalue weighted by Crippen LogP contribution is 2.26. The Morgan fingerprint density at radius 3 is 2.86 bits per heavy atom. The van der Waals surface area contributed by atoms with Crippen molar-refractivity contribution in [3.05, 3.63) is 0 Å². The van der Waals surface area contributed by atoms with Crippen molar-refractivity contribution in [3.8, 4) is 0 Å². The SMILES string of the molecule is CC(C)(C)C1CN2CCSCC2CN1. The van der Waals surface area contributed by atoms with Crippen LogP contribution in [0, 0.1) is 5.41 Å². The number of hydrogen-bond donors (Lipinski definition) is 1. The van der Waals surface area contributed by atoms with Crippen LogP contribution in [0.1, 0.15) is 20.8 Å². The monoisotopic (exact) mass is 214 g/mol. The Labute approximate surface area is 91.8 Å². The van der Waals surface area contributed by atoms with E-state index in [0.717, 1.165) is 6.04 Å². The van der Waals surface area contributed by atoms with Gasteiger partial charge in [-0.3, -0.25) is 4.90 Å². The standard InChI is InChI=1S/C11H22N2S/c1-11(2,3)10-7-13-4-5-14-8-9(13)6-12-10/h9-10,12H,4-8H2,1-3H3.